The van der Waals surface area contributed by atoms with Crippen LogP contribution in [0.25, 0.3) is 0 Å². The summed E-state index contributed by atoms with van der Waals surface area (Å²) in [6.07, 6.45) is -1.09. The highest BCUT2D eigenvalue weighted by atomic mass is 32.2. The van der Waals surface area contributed by atoms with Gasteiger partial charge in [-0.05, 0) is 42.5 Å². The Bertz CT molecular complexity index is 1600. The van der Waals surface area contributed by atoms with E-state index in [9.17, 15) is 18.0 Å². The number of carbonyl (C=O) groups excluding carboxylic acids is 2. The number of amides is 2. The van der Waals surface area contributed by atoms with Crippen LogP contribution in [0.1, 0.15) is 11.6 Å². The zero-order chi connectivity index (χ0) is 26.3. The van der Waals surface area contributed by atoms with Crippen LogP contribution in [0.3, 0.4) is 0 Å². The molecule has 2 aliphatic heterocycles. The SMILES string of the molecule is O=C1[C@H]2[C@@H](ON(c3ccccc3)[C@H]2c2ccccc2OS(=O)(=O)c2ccccc2)C(=O)N1c1ccccc1. The molecule has 0 radical (unpaired) electrons. The molecule has 0 unspecified atom stereocenters. The monoisotopic (exact) mass is 526 g/mol. The number of hydrogen-bond acceptors (Lipinski definition) is 7. The van der Waals surface area contributed by atoms with E-state index in [1.165, 1.54) is 23.3 Å². The van der Waals surface area contributed by atoms with Crippen molar-refractivity contribution < 1.29 is 27.0 Å². The normalized spacial score (nSPS) is 21.0. The molecule has 0 bridgehead atoms. The summed E-state index contributed by atoms with van der Waals surface area (Å²) in [6.45, 7) is 0. The molecular weight excluding hydrogens is 504 g/mol. The van der Waals surface area contributed by atoms with Crippen molar-refractivity contribution in [1.82, 2.24) is 0 Å². The van der Waals surface area contributed by atoms with E-state index in [4.69, 9.17) is 9.02 Å². The lowest BCUT2D eigenvalue weighted by Crippen LogP contribution is -2.37. The van der Waals surface area contributed by atoms with Crippen LogP contribution in [-0.2, 0) is 24.5 Å². The Balaban J connectivity index is 1.45. The lowest BCUT2D eigenvalue weighted by Gasteiger charge is -2.29. The number of imide groups is 1. The van der Waals surface area contributed by atoms with Gasteiger partial charge in [0.25, 0.3) is 5.91 Å². The van der Waals surface area contributed by atoms with Crippen LogP contribution in [0.15, 0.2) is 120 Å². The molecule has 2 amide bonds. The number of hydroxylamine groups is 1. The van der Waals surface area contributed by atoms with E-state index in [0.717, 1.165) is 4.90 Å². The summed E-state index contributed by atoms with van der Waals surface area (Å²) < 4.78 is 31.8. The van der Waals surface area contributed by atoms with Gasteiger partial charge in [0, 0.05) is 5.56 Å². The van der Waals surface area contributed by atoms with Gasteiger partial charge >= 0.3 is 10.1 Å². The number of benzene rings is 4. The second-order valence-corrected chi connectivity index (χ2v) is 10.4. The summed E-state index contributed by atoms with van der Waals surface area (Å²) in [5.74, 6) is -1.81. The Morgan fingerprint density at radius 2 is 1.21 bits per heavy atom. The van der Waals surface area contributed by atoms with Gasteiger partial charge in [0.15, 0.2) is 6.10 Å². The Labute approximate surface area is 219 Å². The fourth-order valence-corrected chi connectivity index (χ4v) is 5.89. The van der Waals surface area contributed by atoms with Crippen LogP contribution in [0.2, 0.25) is 0 Å². The summed E-state index contributed by atoms with van der Waals surface area (Å²) in [5, 5.41) is 1.50. The molecule has 2 fully saturated rings. The Hall–Kier alpha value is -4.47. The standard InChI is InChI=1S/C29H22N2O6S/c32-28-25-26(23-18-10-11-19-24(23)37-38(34,35)22-16-8-3-9-17-22)31(21-14-6-2-7-15-21)36-27(25)29(33)30(28)20-12-4-1-5-13-20/h1-19,25-27H/t25-,26+,27-/m1/s1. The van der Waals surface area contributed by atoms with Gasteiger partial charge in [-0.2, -0.15) is 8.42 Å². The lowest BCUT2D eigenvalue weighted by atomic mass is 9.90. The van der Waals surface area contributed by atoms with Crippen molar-refractivity contribution in [2.45, 2.75) is 17.0 Å². The minimum absolute atomic E-state index is 0.00218. The third-order valence-corrected chi connectivity index (χ3v) is 7.86. The van der Waals surface area contributed by atoms with E-state index in [-0.39, 0.29) is 10.6 Å². The van der Waals surface area contributed by atoms with Crippen LogP contribution in [0, 0.1) is 5.92 Å². The van der Waals surface area contributed by atoms with Crippen molar-refractivity contribution in [3.63, 3.8) is 0 Å². The van der Waals surface area contributed by atoms with Gasteiger partial charge in [0.2, 0.25) is 5.91 Å². The molecule has 190 valence electrons. The molecule has 2 aliphatic rings. The van der Waals surface area contributed by atoms with E-state index in [1.807, 2.05) is 18.2 Å². The first kappa shape index (κ1) is 23.9. The average Bonchev–Trinajstić information content (AvgIpc) is 3.46. The van der Waals surface area contributed by atoms with Crippen molar-refractivity contribution in [2.75, 3.05) is 9.96 Å². The maximum absolute atomic E-state index is 13.8. The zero-order valence-corrected chi connectivity index (χ0v) is 20.8. The van der Waals surface area contributed by atoms with Gasteiger partial charge in [-0.25, -0.2) is 9.96 Å². The lowest BCUT2D eigenvalue weighted by molar-refractivity contribution is -0.126. The molecule has 0 aliphatic carbocycles. The molecule has 2 heterocycles. The molecular formula is C29H22N2O6S. The molecule has 0 saturated carbocycles. The van der Waals surface area contributed by atoms with Crippen LogP contribution in [-0.4, -0.2) is 26.3 Å². The van der Waals surface area contributed by atoms with Gasteiger partial charge in [0.1, 0.15) is 16.6 Å². The maximum atomic E-state index is 13.8. The third kappa shape index (κ3) is 4.02. The highest BCUT2D eigenvalue weighted by molar-refractivity contribution is 7.87. The molecule has 38 heavy (non-hydrogen) atoms. The fourth-order valence-electron chi connectivity index (χ4n) is 4.91. The first-order valence-electron chi connectivity index (χ1n) is 12.0. The average molecular weight is 527 g/mol. The van der Waals surface area contributed by atoms with Crippen molar-refractivity contribution in [1.29, 1.82) is 0 Å². The van der Waals surface area contributed by atoms with E-state index in [1.54, 1.807) is 78.9 Å². The van der Waals surface area contributed by atoms with Crippen LogP contribution in [0.5, 0.6) is 5.75 Å². The predicted octanol–water partition coefficient (Wildman–Crippen LogP) is 4.51. The van der Waals surface area contributed by atoms with Crippen LogP contribution < -0.4 is 14.1 Å². The number of rotatable bonds is 6. The quantitative estimate of drug-likeness (QED) is 0.270. The molecule has 6 rings (SSSR count). The van der Waals surface area contributed by atoms with Crippen molar-refractivity contribution in [2.24, 2.45) is 5.92 Å². The molecule has 8 nitrogen and oxygen atoms in total. The first-order valence-corrected chi connectivity index (χ1v) is 13.4. The van der Waals surface area contributed by atoms with Crippen LogP contribution >= 0.6 is 0 Å². The minimum atomic E-state index is -4.17. The van der Waals surface area contributed by atoms with Gasteiger partial charge in [0.05, 0.1) is 17.4 Å². The Morgan fingerprint density at radius 1 is 0.658 bits per heavy atom. The summed E-state index contributed by atoms with van der Waals surface area (Å²) in [4.78, 5) is 34.6. The number of para-hydroxylation sites is 3. The smallest absolute Gasteiger partial charge is 0.339 e. The van der Waals surface area contributed by atoms with Crippen molar-refractivity contribution >= 4 is 33.3 Å². The van der Waals surface area contributed by atoms with Crippen LogP contribution in [0.4, 0.5) is 11.4 Å². The third-order valence-electron chi connectivity index (χ3n) is 6.61. The highest BCUT2D eigenvalue weighted by Gasteiger charge is 2.60. The number of carbonyl (C=O) groups is 2. The molecule has 0 aromatic heterocycles. The summed E-state index contributed by atoms with van der Waals surface area (Å²) >= 11 is 0. The van der Waals surface area contributed by atoms with E-state index in [0.29, 0.717) is 16.9 Å². The topological polar surface area (TPSA) is 93.2 Å². The van der Waals surface area contributed by atoms with Gasteiger partial charge in [-0.3, -0.25) is 14.4 Å². The van der Waals surface area contributed by atoms with Gasteiger partial charge in [-0.15, -0.1) is 0 Å². The first-order chi connectivity index (χ1) is 18.5. The Kier molecular flexibility index (Phi) is 5.94. The molecule has 9 heteroatoms. The molecule has 0 spiro atoms. The molecule has 0 N–H and O–H groups in total. The predicted molar refractivity (Wildman–Crippen MR) is 140 cm³/mol. The second kappa shape index (κ2) is 9.44. The van der Waals surface area contributed by atoms with E-state index < -0.39 is 40.0 Å². The van der Waals surface area contributed by atoms with Crippen molar-refractivity contribution in [3.05, 3.63) is 121 Å². The summed E-state index contributed by atoms with van der Waals surface area (Å²) in [6, 6.07) is 31.3. The number of anilines is 2. The minimum Gasteiger partial charge on any atom is -0.379 e. The van der Waals surface area contributed by atoms with Gasteiger partial charge in [-0.1, -0.05) is 72.8 Å². The molecule has 2 saturated heterocycles. The van der Waals surface area contributed by atoms with E-state index >= 15 is 0 Å². The molecule has 4 aromatic rings. The number of fused-ring (bicyclic) bond motifs is 1. The van der Waals surface area contributed by atoms with Crippen molar-refractivity contribution in [3.8, 4) is 5.75 Å². The largest absolute Gasteiger partial charge is 0.379 e. The molecule has 3 atom stereocenters. The Morgan fingerprint density at radius 3 is 1.87 bits per heavy atom. The van der Waals surface area contributed by atoms with Gasteiger partial charge < -0.3 is 4.18 Å². The second-order valence-electron chi connectivity index (χ2n) is 8.89. The highest BCUT2D eigenvalue weighted by Crippen LogP contribution is 2.49. The number of hydrogen-bond donors (Lipinski definition) is 0. The fraction of sp³-hybridized carbons (Fsp3) is 0.103. The summed E-state index contributed by atoms with van der Waals surface area (Å²) in [7, 11) is -4.17. The number of nitrogens with zero attached hydrogens (tertiary/aromatic N) is 2. The maximum Gasteiger partial charge on any atom is 0.339 e. The zero-order valence-electron chi connectivity index (χ0n) is 20.0. The summed E-state index contributed by atoms with van der Waals surface area (Å²) in [5.41, 5.74) is 1.46. The van der Waals surface area contributed by atoms with E-state index in [2.05, 4.69) is 0 Å². The molecule has 4 aromatic carbocycles.